The molecule has 0 aliphatic heterocycles. The fraction of sp³-hybridized carbons (Fsp3) is 1.00. The predicted octanol–water partition coefficient (Wildman–Crippen LogP) is 3.34. The lowest BCUT2D eigenvalue weighted by atomic mass is 10.2. The van der Waals surface area contributed by atoms with Gasteiger partial charge in [-0.1, -0.05) is 44.7 Å². The third-order valence-electron chi connectivity index (χ3n) is 0.752. The number of hydrogen-bond donors (Lipinski definition) is 0. The van der Waals surface area contributed by atoms with E-state index in [1.165, 1.54) is 0 Å². The van der Waals surface area contributed by atoms with E-state index in [0.29, 0.717) is 6.42 Å². The lowest BCUT2D eigenvalue weighted by Crippen LogP contribution is -1.78. The van der Waals surface area contributed by atoms with Crippen LogP contribution in [0.2, 0.25) is 0 Å². The molecular weight excluding hydrogens is 232 g/mol. The molecule has 0 fully saturated rings. The molecule has 0 nitrogen and oxygen atoms in total. The first kappa shape index (κ1) is 3.97. The smallest absolute Gasteiger partial charge is 0.0387 e. The standard InChI is InChI=1S/C6H12Br2/c7-5-3-1-2-4-6-8/h1-6H2/i3D2,5D2. The minimum Gasteiger partial charge on any atom is -0.0928 e. The highest BCUT2D eigenvalue weighted by atomic mass is 79.9. The zero-order valence-corrected chi connectivity index (χ0v) is 7.76. The Balaban J connectivity index is 3.88. The van der Waals surface area contributed by atoms with Crippen LogP contribution in [-0.2, 0) is 0 Å². The van der Waals surface area contributed by atoms with Crippen LogP contribution in [0.4, 0.5) is 0 Å². The molecule has 0 N–H and O–H groups in total. The molecule has 0 spiro atoms. The van der Waals surface area contributed by atoms with E-state index in [4.69, 9.17) is 5.48 Å². The fourth-order valence-electron chi connectivity index (χ4n) is 0.355. The van der Waals surface area contributed by atoms with Crippen molar-refractivity contribution in [3.05, 3.63) is 0 Å². The van der Waals surface area contributed by atoms with Gasteiger partial charge in [0.05, 0.1) is 0 Å². The lowest BCUT2D eigenvalue weighted by molar-refractivity contribution is 0.715. The molecule has 0 atom stereocenters. The number of unbranched alkanes of at least 4 members (excludes halogenated alkanes) is 1. The zero-order valence-electron chi connectivity index (χ0n) is 8.58. The van der Waals surface area contributed by atoms with E-state index in [-0.39, 0.29) is 6.42 Å². The van der Waals surface area contributed by atoms with Crippen molar-refractivity contribution >= 4 is 31.9 Å². The van der Waals surface area contributed by atoms with Gasteiger partial charge in [0.25, 0.3) is 0 Å². The van der Waals surface area contributed by atoms with Gasteiger partial charge >= 0.3 is 0 Å². The molecule has 0 aromatic rings. The van der Waals surface area contributed by atoms with E-state index in [1.54, 1.807) is 0 Å². The second-order valence-electron chi connectivity index (χ2n) is 1.42. The highest BCUT2D eigenvalue weighted by Crippen LogP contribution is 2.02. The molecule has 0 saturated heterocycles. The number of hydrogen-bond acceptors (Lipinski definition) is 0. The summed E-state index contributed by atoms with van der Waals surface area (Å²) >= 11 is 5.94. The van der Waals surface area contributed by atoms with E-state index < -0.39 is 11.7 Å². The van der Waals surface area contributed by atoms with Gasteiger partial charge in [-0.2, -0.15) is 0 Å². The van der Waals surface area contributed by atoms with Crippen molar-refractivity contribution in [1.82, 2.24) is 0 Å². The molecule has 0 aliphatic carbocycles. The van der Waals surface area contributed by atoms with Crippen LogP contribution in [0.1, 0.15) is 31.1 Å². The molecule has 2 heteroatoms. The van der Waals surface area contributed by atoms with Crippen LogP contribution in [0.15, 0.2) is 0 Å². The molecule has 50 valence electrons. The summed E-state index contributed by atoms with van der Waals surface area (Å²) in [6.07, 6.45) is 0.0397. The van der Waals surface area contributed by atoms with Crippen LogP contribution < -0.4 is 0 Å². The minimum atomic E-state index is -1.92. The van der Waals surface area contributed by atoms with E-state index in [0.717, 1.165) is 11.8 Å². The Hall–Kier alpha value is 0.960. The van der Waals surface area contributed by atoms with E-state index in [9.17, 15) is 0 Å². The van der Waals surface area contributed by atoms with Crippen LogP contribution in [0.5, 0.6) is 0 Å². The summed E-state index contributed by atoms with van der Waals surface area (Å²) in [5.41, 5.74) is 0. The van der Waals surface area contributed by atoms with Gasteiger partial charge in [0.2, 0.25) is 0 Å². The van der Waals surface area contributed by atoms with Crippen LogP contribution >= 0.6 is 31.9 Å². The summed E-state index contributed by atoms with van der Waals surface area (Å²) in [6.45, 7) is 0. The molecular formula is C6H12Br2. The first-order valence-electron chi connectivity index (χ1n) is 4.56. The van der Waals surface area contributed by atoms with Gasteiger partial charge in [0, 0.05) is 16.1 Å². The molecule has 0 unspecified atom stereocenters. The molecule has 0 rings (SSSR count). The Morgan fingerprint density at radius 2 is 1.88 bits per heavy atom. The maximum Gasteiger partial charge on any atom is 0.0387 e. The average molecular weight is 248 g/mol. The quantitative estimate of drug-likeness (QED) is 0.517. The van der Waals surface area contributed by atoms with Gasteiger partial charge in [-0.15, -0.1) is 0 Å². The van der Waals surface area contributed by atoms with Crippen LogP contribution in [0, 0.1) is 0 Å². The second kappa shape index (κ2) is 7.96. The monoisotopic (exact) mass is 246 g/mol. The fourth-order valence-corrected chi connectivity index (χ4v) is 0.950. The summed E-state index contributed by atoms with van der Waals surface area (Å²) in [6, 6.07) is 0. The van der Waals surface area contributed by atoms with Crippen molar-refractivity contribution in [3.8, 4) is 0 Å². The highest BCUT2D eigenvalue weighted by Gasteiger charge is 1.84. The molecule has 0 aromatic carbocycles. The second-order valence-corrected chi connectivity index (χ2v) is 2.61. The zero-order chi connectivity index (χ0) is 9.83. The number of rotatable bonds is 5. The van der Waals surface area contributed by atoms with Crippen molar-refractivity contribution in [2.75, 3.05) is 10.6 Å². The van der Waals surface area contributed by atoms with Crippen molar-refractivity contribution in [2.24, 2.45) is 0 Å². The van der Waals surface area contributed by atoms with Gasteiger partial charge in [0.1, 0.15) is 0 Å². The SMILES string of the molecule is [2H]C([2H])(Br)C([2H])([2H])CCCCBr. The molecule has 0 aromatic heterocycles. The minimum absolute atomic E-state index is 0.247. The Kier molecular flexibility index (Phi) is 3.95. The van der Waals surface area contributed by atoms with Gasteiger partial charge in [-0.25, -0.2) is 0 Å². The van der Waals surface area contributed by atoms with Crippen molar-refractivity contribution < 1.29 is 5.48 Å². The third-order valence-corrected chi connectivity index (χ3v) is 1.59. The van der Waals surface area contributed by atoms with Gasteiger partial charge in [-0.05, 0) is 12.8 Å². The van der Waals surface area contributed by atoms with E-state index in [1.807, 2.05) is 0 Å². The van der Waals surface area contributed by atoms with Crippen LogP contribution in [0.25, 0.3) is 0 Å². The van der Waals surface area contributed by atoms with Crippen LogP contribution in [-0.4, -0.2) is 10.6 Å². The maximum atomic E-state index is 7.39. The molecule has 0 saturated carbocycles. The Bertz CT molecular complexity index is 132. The van der Waals surface area contributed by atoms with Crippen LogP contribution in [0.3, 0.4) is 0 Å². The maximum absolute atomic E-state index is 7.39. The normalized spacial score (nSPS) is 20.8. The highest BCUT2D eigenvalue weighted by molar-refractivity contribution is 9.09. The molecule has 0 aliphatic rings. The van der Waals surface area contributed by atoms with Crippen molar-refractivity contribution in [1.29, 1.82) is 0 Å². The molecule has 8 heavy (non-hydrogen) atoms. The average Bonchev–Trinajstić information content (AvgIpc) is 1.85. The Morgan fingerprint density at radius 3 is 2.38 bits per heavy atom. The molecule has 0 radical (unpaired) electrons. The molecule has 0 amide bonds. The topological polar surface area (TPSA) is 0 Å². The third kappa shape index (κ3) is 6.96. The van der Waals surface area contributed by atoms with E-state index >= 15 is 0 Å². The van der Waals surface area contributed by atoms with E-state index in [2.05, 4.69) is 31.9 Å². The Morgan fingerprint density at radius 1 is 1.12 bits per heavy atom. The summed E-state index contributed by atoms with van der Waals surface area (Å²) in [7, 11) is 0. The first-order chi connectivity index (χ1) is 5.31. The van der Waals surface area contributed by atoms with Gasteiger partial charge in [-0.3, -0.25) is 0 Å². The summed E-state index contributed by atoms with van der Waals surface area (Å²) in [5.74, 6) is 0. The first-order valence-corrected chi connectivity index (χ1v) is 4.47. The Labute approximate surface area is 73.9 Å². The van der Waals surface area contributed by atoms with Gasteiger partial charge in [0.15, 0.2) is 0 Å². The molecule has 0 bridgehead atoms. The number of halogens is 2. The lowest BCUT2D eigenvalue weighted by Gasteiger charge is -1.92. The molecule has 0 heterocycles. The summed E-state index contributed by atoms with van der Waals surface area (Å²) < 4.78 is 29.1. The summed E-state index contributed by atoms with van der Waals surface area (Å²) in [4.78, 5) is 0. The van der Waals surface area contributed by atoms with Gasteiger partial charge < -0.3 is 0 Å². The summed E-state index contributed by atoms with van der Waals surface area (Å²) in [5, 5.41) is -1.08. The predicted molar refractivity (Wildman–Crippen MR) is 46.1 cm³/mol. The largest absolute Gasteiger partial charge is 0.0928 e. The number of alkyl halides is 2. The van der Waals surface area contributed by atoms with Crippen molar-refractivity contribution in [2.45, 2.75) is 25.6 Å². The van der Waals surface area contributed by atoms with Crippen molar-refractivity contribution in [3.63, 3.8) is 0 Å².